The van der Waals surface area contributed by atoms with Crippen LogP contribution < -0.4 is 5.32 Å². The van der Waals surface area contributed by atoms with Crippen molar-refractivity contribution in [2.45, 2.75) is 19.4 Å². The summed E-state index contributed by atoms with van der Waals surface area (Å²) in [6.45, 7) is 1.90. The lowest BCUT2D eigenvalue weighted by Crippen LogP contribution is -2.40. The summed E-state index contributed by atoms with van der Waals surface area (Å²) in [5.74, 6) is -1.08. The van der Waals surface area contributed by atoms with E-state index in [4.69, 9.17) is 0 Å². The lowest BCUT2D eigenvalue weighted by molar-refractivity contribution is -0.139. The first-order valence-electron chi connectivity index (χ1n) is 6.72. The molecule has 7 nitrogen and oxygen atoms in total. The number of carboxylic acid groups (broad SMARTS) is 1. The highest BCUT2D eigenvalue weighted by molar-refractivity contribution is 7.13. The number of amides is 2. The molecular formula is C15H15N3O4S. The molecule has 3 N–H and O–H groups in total. The summed E-state index contributed by atoms with van der Waals surface area (Å²) >= 11 is 1.34. The van der Waals surface area contributed by atoms with Gasteiger partial charge < -0.3 is 15.5 Å². The molecule has 120 valence electrons. The van der Waals surface area contributed by atoms with E-state index in [0.717, 1.165) is 5.56 Å². The fraction of sp³-hybridized carbons (Fsp3) is 0.200. The van der Waals surface area contributed by atoms with Crippen LogP contribution in [0.1, 0.15) is 11.1 Å². The van der Waals surface area contributed by atoms with Gasteiger partial charge in [-0.25, -0.2) is 9.59 Å². The number of benzene rings is 1. The Balaban J connectivity index is 1.98. The zero-order valence-electron chi connectivity index (χ0n) is 12.3. The lowest BCUT2D eigenvalue weighted by atomic mass is 10.1. The number of thiophene rings is 1. The molecule has 0 unspecified atom stereocenters. The SMILES string of the molecule is Cc1csc(N=NC(=O)N[C@@H](Cc2ccc(O)cc2)C(=O)O)c1. The molecule has 2 rings (SSSR count). The van der Waals surface area contributed by atoms with Crippen molar-refractivity contribution in [2.75, 3.05) is 0 Å². The normalized spacial score (nSPS) is 12.2. The molecule has 8 heteroatoms. The molecule has 1 heterocycles. The lowest BCUT2D eigenvalue weighted by Gasteiger charge is -2.12. The largest absolute Gasteiger partial charge is 0.508 e. The number of aliphatic carboxylic acids is 1. The molecule has 0 saturated carbocycles. The Morgan fingerprint density at radius 3 is 2.57 bits per heavy atom. The van der Waals surface area contributed by atoms with Gasteiger partial charge in [-0.2, -0.15) is 0 Å². The maximum absolute atomic E-state index is 11.7. The van der Waals surface area contributed by atoms with Gasteiger partial charge in [0.15, 0.2) is 0 Å². The number of phenols is 1. The third-order valence-corrected chi connectivity index (χ3v) is 3.86. The molecule has 0 radical (unpaired) electrons. The number of azo groups is 1. The van der Waals surface area contributed by atoms with Crippen LogP contribution in [0.2, 0.25) is 0 Å². The molecule has 1 aromatic carbocycles. The van der Waals surface area contributed by atoms with Gasteiger partial charge in [0, 0.05) is 6.42 Å². The van der Waals surface area contributed by atoms with Crippen LogP contribution in [0.3, 0.4) is 0 Å². The summed E-state index contributed by atoms with van der Waals surface area (Å²) in [4.78, 5) is 23.0. The van der Waals surface area contributed by atoms with E-state index in [-0.39, 0.29) is 12.2 Å². The number of carboxylic acids is 1. The summed E-state index contributed by atoms with van der Waals surface area (Å²) in [5, 5.41) is 30.4. The molecule has 0 aliphatic rings. The summed E-state index contributed by atoms with van der Waals surface area (Å²) < 4.78 is 0. The number of phenolic OH excluding ortho intramolecular Hbond substituents is 1. The fourth-order valence-corrected chi connectivity index (χ4v) is 2.53. The van der Waals surface area contributed by atoms with E-state index in [9.17, 15) is 19.8 Å². The van der Waals surface area contributed by atoms with Gasteiger partial charge in [0.1, 0.15) is 16.8 Å². The summed E-state index contributed by atoms with van der Waals surface area (Å²) in [6, 6.07) is 5.91. The third-order valence-electron chi connectivity index (χ3n) is 2.93. The van der Waals surface area contributed by atoms with Crippen LogP contribution in [0.15, 0.2) is 45.9 Å². The smallest absolute Gasteiger partial charge is 0.360 e. The van der Waals surface area contributed by atoms with Gasteiger partial charge in [0.25, 0.3) is 0 Å². The second kappa shape index (κ2) is 7.50. The highest BCUT2D eigenvalue weighted by Gasteiger charge is 2.20. The average molecular weight is 333 g/mol. The summed E-state index contributed by atoms with van der Waals surface area (Å²) in [6.07, 6.45) is 0.0784. The van der Waals surface area contributed by atoms with Crippen LogP contribution in [-0.2, 0) is 11.2 Å². The number of carbonyl (C=O) groups is 2. The van der Waals surface area contributed by atoms with Gasteiger partial charge >= 0.3 is 12.0 Å². The number of urea groups is 1. The Kier molecular flexibility index (Phi) is 5.42. The molecule has 1 atom stereocenters. The zero-order valence-corrected chi connectivity index (χ0v) is 13.1. The van der Waals surface area contributed by atoms with Crippen molar-refractivity contribution in [1.29, 1.82) is 0 Å². The van der Waals surface area contributed by atoms with E-state index in [1.807, 2.05) is 12.3 Å². The Morgan fingerprint density at radius 1 is 1.30 bits per heavy atom. The number of nitrogens with one attached hydrogen (secondary N) is 1. The van der Waals surface area contributed by atoms with E-state index in [1.165, 1.54) is 23.5 Å². The molecule has 23 heavy (non-hydrogen) atoms. The zero-order chi connectivity index (χ0) is 16.8. The van der Waals surface area contributed by atoms with Crippen molar-refractivity contribution in [3.8, 4) is 5.75 Å². The van der Waals surface area contributed by atoms with Crippen LogP contribution in [0.4, 0.5) is 9.80 Å². The number of aromatic hydroxyl groups is 1. The Bertz CT molecular complexity index is 725. The maximum atomic E-state index is 11.7. The van der Waals surface area contributed by atoms with Gasteiger partial charge in [0.05, 0.1) is 0 Å². The third kappa shape index (κ3) is 5.19. The molecule has 0 aliphatic carbocycles. The van der Waals surface area contributed by atoms with Crippen LogP contribution >= 0.6 is 11.3 Å². The van der Waals surface area contributed by atoms with Gasteiger partial charge in [-0.15, -0.1) is 16.5 Å². The average Bonchev–Trinajstić information content (AvgIpc) is 2.92. The van der Waals surface area contributed by atoms with Crippen LogP contribution in [-0.4, -0.2) is 28.3 Å². The predicted molar refractivity (Wildman–Crippen MR) is 85.3 cm³/mol. The molecule has 0 aliphatic heterocycles. The molecule has 0 bridgehead atoms. The molecule has 2 aromatic rings. The molecule has 2 amide bonds. The van der Waals surface area contributed by atoms with Crippen molar-refractivity contribution in [1.82, 2.24) is 5.32 Å². The molecular weight excluding hydrogens is 318 g/mol. The van der Waals surface area contributed by atoms with Gasteiger partial charge in [-0.05, 0) is 41.6 Å². The van der Waals surface area contributed by atoms with Crippen LogP contribution in [0.5, 0.6) is 5.75 Å². The number of rotatable bonds is 5. The van der Waals surface area contributed by atoms with E-state index in [1.54, 1.807) is 18.2 Å². The minimum atomic E-state index is -1.17. The van der Waals surface area contributed by atoms with E-state index < -0.39 is 18.0 Å². The minimum absolute atomic E-state index is 0.0784. The summed E-state index contributed by atoms with van der Waals surface area (Å²) in [5.41, 5.74) is 1.68. The van der Waals surface area contributed by atoms with Crippen molar-refractivity contribution >= 4 is 28.3 Å². The summed E-state index contributed by atoms with van der Waals surface area (Å²) in [7, 11) is 0. The Hall–Kier alpha value is -2.74. The Morgan fingerprint density at radius 2 is 2.00 bits per heavy atom. The van der Waals surface area contributed by atoms with Crippen molar-refractivity contribution in [3.05, 3.63) is 46.8 Å². The first kappa shape index (κ1) is 16.6. The van der Waals surface area contributed by atoms with E-state index >= 15 is 0 Å². The second-order valence-corrected chi connectivity index (χ2v) is 5.76. The molecule has 0 spiro atoms. The van der Waals surface area contributed by atoms with Crippen molar-refractivity contribution in [2.24, 2.45) is 10.2 Å². The molecule has 0 saturated heterocycles. The van der Waals surface area contributed by atoms with Gasteiger partial charge in [-0.3, -0.25) is 0 Å². The first-order chi connectivity index (χ1) is 10.9. The van der Waals surface area contributed by atoms with Gasteiger partial charge in [-0.1, -0.05) is 17.2 Å². The number of nitrogens with zero attached hydrogens (tertiary/aromatic N) is 2. The molecule has 0 fully saturated rings. The maximum Gasteiger partial charge on any atom is 0.360 e. The number of hydrogen-bond donors (Lipinski definition) is 3. The van der Waals surface area contributed by atoms with Crippen molar-refractivity contribution < 1.29 is 19.8 Å². The fourth-order valence-electron chi connectivity index (χ4n) is 1.81. The van der Waals surface area contributed by atoms with Crippen LogP contribution in [0, 0.1) is 6.92 Å². The van der Waals surface area contributed by atoms with Crippen molar-refractivity contribution in [3.63, 3.8) is 0 Å². The number of carbonyl (C=O) groups excluding carboxylic acids is 1. The second-order valence-electron chi connectivity index (χ2n) is 4.87. The Labute approximate surface area is 136 Å². The topological polar surface area (TPSA) is 111 Å². The first-order valence-corrected chi connectivity index (χ1v) is 7.60. The van der Waals surface area contributed by atoms with E-state index in [0.29, 0.717) is 10.6 Å². The quantitative estimate of drug-likeness (QED) is 0.729. The van der Waals surface area contributed by atoms with Gasteiger partial charge in [0.2, 0.25) is 0 Å². The number of hydrogen-bond acceptors (Lipinski definition) is 5. The van der Waals surface area contributed by atoms with Crippen LogP contribution in [0.25, 0.3) is 0 Å². The highest BCUT2D eigenvalue weighted by Crippen LogP contribution is 2.23. The number of aryl methyl sites for hydroxylation is 1. The molecule has 1 aromatic heterocycles. The minimum Gasteiger partial charge on any atom is -0.508 e. The van der Waals surface area contributed by atoms with E-state index in [2.05, 4.69) is 15.5 Å². The standard InChI is InChI=1S/C15H15N3O4S/c1-9-6-13(23-8-9)17-18-15(22)16-12(14(20)21)7-10-2-4-11(19)5-3-10/h2-6,8,12,19H,7H2,1H3,(H,16,22)(H,20,21)/t12-/m0/s1. The monoisotopic (exact) mass is 333 g/mol. The highest BCUT2D eigenvalue weighted by atomic mass is 32.1. The predicted octanol–water partition coefficient (Wildman–Crippen LogP) is 3.25.